The number of carbonyl (C=O) groups is 1. The first kappa shape index (κ1) is 19.5. The summed E-state index contributed by atoms with van der Waals surface area (Å²) in [5.41, 5.74) is 3.35. The molecule has 2 aromatic heterocycles. The summed E-state index contributed by atoms with van der Waals surface area (Å²) in [6, 6.07) is 13.7. The lowest BCUT2D eigenvalue weighted by Crippen LogP contribution is -2.27. The number of amides is 1. The van der Waals surface area contributed by atoms with Crippen molar-refractivity contribution in [2.24, 2.45) is 0 Å². The number of nitrogens with one attached hydrogen (secondary N) is 2. The maximum atomic E-state index is 13.0. The second kappa shape index (κ2) is 8.69. The minimum absolute atomic E-state index is 0.122. The minimum Gasteiger partial charge on any atom is -0.365 e. The number of hydrogen-bond acceptors (Lipinski definition) is 5. The molecule has 0 spiro atoms. The van der Waals surface area contributed by atoms with Crippen molar-refractivity contribution < 1.29 is 9.18 Å². The Bertz CT molecular complexity index is 1150. The molecule has 2 N–H and O–H groups in total. The fourth-order valence-electron chi connectivity index (χ4n) is 3.07. The number of hydrogen-bond donors (Lipinski definition) is 2. The van der Waals surface area contributed by atoms with Crippen LogP contribution in [0.2, 0.25) is 0 Å². The van der Waals surface area contributed by atoms with E-state index in [-0.39, 0.29) is 11.7 Å². The molecular weight excluding hydrogens is 383 g/mol. The van der Waals surface area contributed by atoms with Gasteiger partial charge in [0.05, 0.1) is 18.1 Å². The first-order valence-corrected chi connectivity index (χ1v) is 9.60. The normalized spacial score (nSPS) is 10.9. The third kappa shape index (κ3) is 4.43. The van der Waals surface area contributed by atoms with Gasteiger partial charge in [0, 0.05) is 18.7 Å². The molecule has 2 heterocycles. The molecule has 152 valence electrons. The van der Waals surface area contributed by atoms with E-state index in [0.717, 1.165) is 16.5 Å². The van der Waals surface area contributed by atoms with Crippen LogP contribution < -0.4 is 10.6 Å². The van der Waals surface area contributed by atoms with E-state index in [0.29, 0.717) is 36.7 Å². The first-order chi connectivity index (χ1) is 14.6. The van der Waals surface area contributed by atoms with Crippen LogP contribution in [0.1, 0.15) is 21.5 Å². The third-order valence-corrected chi connectivity index (χ3v) is 4.73. The summed E-state index contributed by atoms with van der Waals surface area (Å²) >= 11 is 0. The van der Waals surface area contributed by atoms with Gasteiger partial charge in [-0.3, -0.25) is 4.79 Å². The number of aromatic nitrogens is 4. The van der Waals surface area contributed by atoms with E-state index < -0.39 is 0 Å². The predicted molar refractivity (Wildman–Crippen MR) is 113 cm³/mol. The molecule has 0 aliphatic carbocycles. The Morgan fingerprint density at radius 3 is 2.60 bits per heavy atom. The molecule has 0 fully saturated rings. The van der Waals surface area contributed by atoms with E-state index in [1.807, 2.05) is 19.1 Å². The smallest absolute Gasteiger partial charge is 0.251 e. The molecule has 7 nitrogen and oxygen atoms in total. The molecule has 2 aromatic carbocycles. The van der Waals surface area contributed by atoms with Crippen LogP contribution in [-0.2, 0) is 13.1 Å². The van der Waals surface area contributed by atoms with Crippen molar-refractivity contribution in [1.29, 1.82) is 0 Å². The van der Waals surface area contributed by atoms with Crippen molar-refractivity contribution in [3.05, 3.63) is 83.6 Å². The zero-order valence-electron chi connectivity index (χ0n) is 16.5. The Hall–Kier alpha value is -3.81. The Morgan fingerprint density at radius 1 is 1.07 bits per heavy atom. The van der Waals surface area contributed by atoms with Gasteiger partial charge in [-0.05, 0) is 36.8 Å². The Balaban J connectivity index is 1.39. The molecule has 1 amide bonds. The fraction of sp³-hybridized carbons (Fsp3) is 0.182. The van der Waals surface area contributed by atoms with E-state index in [4.69, 9.17) is 0 Å². The van der Waals surface area contributed by atoms with Crippen molar-refractivity contribution in [2.45, 2.75) is 20.0 Å². The Labute approximate surface area is 173 Å². The quantitative estimate of drug-likeness (QED) is 0.494. The van der Waals surface area contributed by atoms with Gasteiger partial charge >= 0.3 is 0 Å². The summed E-state index contributed by atoms with van der Waals surface area (Å²) in [4.78, 5) is 20.9. The molecule has 0 saturated heterocycles. The first-order valence-electron chi connectivity index (χ1n) is 9.60. The average molecular weight is 404 g/mol. The number of benzene rings is 2. The summed E-state index contributed by atoms with van der Waals surface area (Å²) in [6.07, 6.45) is 3.17. The largest absolute Gasteiger partial charge is 0.365 e. The number of rotatable bonds is 7. The molecule has 8 heteroatoms. The summed E-state index contributed by atoms with van der Waals surface area (Å²) in [7, 11) is 0. The second-order valence-electron chi connectivity index (χ2n) is 6.93. The van der Waals surface area contributed by atoms with Crippen molar-refractivity contribution in [2.75, 3.05) is 11.9 Å². The van der Waals surface area contributed by atoms with Crippen LogP contribution in [0.15, 0.2) is 61.1 Å². The molecule has 0 aliphatic heterocycles. The standard InChI is InChI=1S/C22H21FN6O/c1-15-2-6-17(7-3-15)22(30)24-10-11-29-21-19(13-28-29)20(26-14-27-21)25-12-16-4-8-18(23)9-5-16/h2-9,13-14H,10-12H2,1H3,(H,24,30)(H,25,26,27). The van der Waals surface area contributed by atoms with Crippen LogP contribution in [0.25, 0.3) is 11.0 Å². The lowest BCUT2D eigenvalue weighted by Gasteiger charge is -2.08. The topological polar surface area (TPSA) is 84.7 Å². The third-order valence-electron chi connectivity index (χ3n) is 4.73. The summed E-state index contributed by atoms with van der Waals surface area (Å²) in [6.45, 7) is 3.39. The highest BCUT2D eigenvalue weighted by Crippen LogP contribution is 2.19. The molecule has 30 heavy (non-hydrogen) atoms. The number of aryl methyl sites for hydroxylation is 1. The van der Waals surface area contributed by atoms with Gasteiger partial charge in [0.2, 0.25) is 0 Å². The minimum atomic E-state index is -0.265. The maximum absolute atomic E-state index is 13.0. The number of fused-ring (bicyclic) bond motifs is 1. The van der Waals surface area contributed by atoms with E-state index in [2.05, 4.69) is 25.7 Å². The lowest BCUT2D eigenvalue weighted by atomic mass is 10.1. The highest BCUT2D eigenvalue weighted by atomic mass is 19.1. The number of anilines is 1. The average Bonchev–Trinajstić information content (AvgIpc) is 3.17. The fourth-order valence-corrected chi connectivity index (χ4v) is 3.07. The van der Waals surface area contributed by atoms with Gasteiger partial charge in [-0.25, -0.2) is 19.0 Å². The second-order valence-corrected chi connectivity index (χ2v) is 6.93. The molecule has 0 unspecified atom stereocenters. The lowest BCUT2D eigenvalue weighted by molar-refractivity contribution is 0.0952. The van der Waals surface area contributed by atoms with E-state index in [1.165, 1.54) is 18.5 Å². The van der Waals surface area contributed by atoms with Crippen molar-refractivity contribution in [1.82, 2.24) is 25.1 Å². The van der Waals surface area contributed by atoms with Crippen LogP contribution in [0, 0.1) is 12.7 Å². The molecule has 0 radical (unpaired) electrons. The highest BCUT2D eigenvalue weighted by molar-refractivity contribution is 5.94. The summed E-state index contributed by atoms with van der Waals surface area (Å²) in [5.74, 6) is 0.265. The zero-order chi connectivity index (χ0) is 20.9. The molecule has 0 aliphatic rings. The monoisotopic (exact) mass is 404 g/mol. The molecule has 0 saturated carbocycles. The van der Waals surface area contributed by atoms with Gasteiger partial charge in [-0.1, -0.05) is 29.8 Å². The molecular formula is C22H21FN6O. The van der Waals surface area contributed by atoms with Crippen LogP contribution in [0.5, 0.6) is 0 Å². The molecule has 0 atom stereocenters. The molecule has 4 aromatic rings. The summed E-state index contributed by atoms with van der Waals surface area (Å²) < 4.78 is 14.8. The number of halogens is 1. The SMILES string of the molecule is Cc1ccc(C(=O)NCCn2ncc3c(NCc4ccc(F)cc4)ncnc32)cc1. The van der Waals surface area contributed by atoms with Gasteiger partial charge < -0.3 is 10.6 Å². The maximum Gasteiger partial charge on any atom is 0.251 e. The zero-order valence-corrected chi connectivity index (χ0v) is 16.5. The van der Waals surface area contributed by atoms with Crippen LogP contribution in [-0.4, -0.2) is 32.2 Å². The highest BCUT2D eigenvalue weighted by Gasteiger charge is 2.10. The predicted octanol–water partition coefficient (Wildman–Crippen LogP) is 3.32. The molecule has 0 bridgehead atoms. The number of carbonyl (C=O) groups excluding carboxylic acids is 1. The van der Waals surface area contributed by atoms with Gasteiger partial charge in [0.1, 0.15) is 18.0 Å². The van der Waals surface area contributed by atoms with Crippen LogP contribution in [0.4, 0.5) is 10.2 Å². The van der Waals surface area contributed by atoms with Gasteiger partial charge in [-0.15, -0.1) is 0 Å². The Kier molecular flexibility index (Phi) is 5.65. The molecule has 4 rings (SSSR count). The van der Waals surface area contributed by atoms with E-state index in [9.17, 15) is 9.18 Å². The van der Waals surface area contributed by atoms with Crippen molar-refractivity contribution in [3.63, 3.8) is 0 Å². The van der Waals surface area contributed by atoms with E-state index >= 15 is 0 Å². The summed E-state index contributed by atoms with van der Waals surface area (Å²) in [5, 5.41) is 11.3. The van der Waals surface area contributed by atoms with Crippen LogP contribution in [0.3, 0.4) is 0 Å². The van der Waals surface area contributed by atoms with E-state index in [1.54, 1.807) is 35.1 Å². The van der Waals surface area contributed by atoms with Crippen LogP contribution >= 0.6 is 0 Å². The Morgan fingerprint density at radius 2 is 1.83 bits per heavy atom. The van der Waals surface area contributed by atoms with Gasteiger partial charge in [0.25, 0.3) is 5.91 Å². The van der Waals surface area contributed by atoms with Crippen molar-refractivity contribution >= 4 is 22.8 Å². The van der Waals surface area contributed by atoms with Gasteiger partial charge in [0.15, 0.2) is 5.65 Å². The van der Waals surface area contributed by atoms with Gasteiger partial charge in [-0.2, -0.15) is 5.10 Å². The number of nitrogens with zero attached hydrogens (tertiary/aromatic N) is 4. The van der Waals surface area contributed by atoms with Crippen molar-refractivity contribution in [3.8, 4) is 0 Å².